The SMILES string of the molecule is CC(C)C(C)N/C(N)=N/C(=N)N.Cl. The molecule has 0 amide bonds. The zero-order valence-corrected chi connectivity index (χ0v) is 8.98. The Morgan fingerprint density at radius 3 is 2.08 bits per heavy atom. The minimum absolute atomic E-state index is 0. The van der Waals surface area contributed by atoms with Gasteiger partial charge in [-0.2, -0.15) is 4.99 Å². The van der Waals surface area contributed by atoms with Crippen LogP contribution in [0.1, 0.15) is 20.8 Å². The first kappa shape index (κ1) is 14.5. The molecular formula is C7H18ClN5. The van der Waals surface area contributed by atoms with Crippen LogP contribution in [0.5, 0.6) is 0 Å². The summed E-state index contributed by atoms with van der Waals surface area (Å²) in [6, 6.07) is 0.230. The second-order valence-corrected chi connectivity index (χ2v) is 3.06. The molecule has 0 heterocycles. The molecule has 1 unspecified atom stereocenters. The molecular weight excluding hydrogens is 190 g/mol. The molecule has 0 aliphatic rings. The van der Waals surface area contributed by atoms with Crippen molar-refractivity contribution in [3.8, 4) is 0 Å². The highest BCUT2D eigenvalue weighted by Gasteiger charge is 2.06. The third kappa shape index (κ3) is 7.39. The van der Waals surface area contributed by atoms with Crippen molar-refractivity contribution in [2.75, 3.05) is 0 Å². The van der Waals surface area contributed by atoms with Crippen molar-refractivity contribution in [1.29, 1.82) is 5.41 Å². The van der Waals surface area contributed by atoms with Gasteiger partial charge in [0, 0.05) is 6.04 Å². The molecule has 78 valence electrons. The quantitative estimate of drug-likeness (QED) is 0.386. The average Bonchev–Trinajstić information content (AvgIpc) is 1.84. The first-order chi connectivity index (χ1) is 5.43. The molecule has 0 aromatic heterocycles. The lowest BCUT2D eigenvalue weighted by Crippen LogP contribution is -2.41. The lowest BCUT2D eigenvalue weighted by molar-refractivity contribution is 0.486. The standard InChI is InChI=1S/C7H17N5.ClH/c1-4(2)5(3)11-7(10)12-6(8)9;/h4-5H,1-3H3,(H6,8,9,10,11,12);1H. The van der Waals surface area contributed by atoms with Gasteiger partial charge in [-0.25, -0.2) is 0 Å². The van der Waals surface area contributed by atoms with E-state index >= 15 is 0 Å². The van der Waals surface area contributed by atoms with Crippen LogP contribution in [0.4, 0.5) is 0 Å². The zero-order valence-electron chi connectivity index (χ0n) is 8.16. The molecule has 0 aliphatic heterocycles. The second kappa shape index (κ2) is 6.54. The number of aliphatic imine (C=N–C) groups is 1. The number of guanidine groups is 2. The van der Waals surface area contributed by atoms with Gasteiger partial charge in [-0.05, 0) is 12.8 Å². The smallest absolute Gasteiger partial charge is 0.215 e. The van der Waals surface area contributed by atoms with Gasteiger partial charge < -0.3 is 16.8 Å². The molecule has 0 aromatic carbocycles. The highest BCUT2D eigenvalue weighted by molar-refractivity contribution is 5.91. The first-order valence-electron chi connectivity index (χ1n) is 3.88. The molecule has 6 heteroatoms. The fourth-order valence-electron chi connectivity index (χ4n) is 0.562. The Bertz CT molecular complexity index is 189. The summed E-state index contributed by atoms with van der Waals surface area (Å²) in [5, 5.41) is 9.76. The predicted octanol–water partition coefficient (Wildman–Crippen LogP) is 0.250. The van der Waals surface area contributed by atoms with Crippen molar-refractivity contribution in [2.24, 2.45) is 22.4 Å². The molecule has 13 heavy (non-hydrogen) atoms. The third-order valence-electron chi connectivity index (χ3n) is 1.62. The fourth-order valence-corrected chi connectivity index (χ4v) is 0.562. The van der Waals surface area contributed by atoms with Crippen LogP contribution in [0, 0.1) is 11.3 Å². The molecule has 0 aliphatic carbocycles. The topological polar surface area (TPSA) is 100 Å². The lowest BCUT2D eigenvalue weighted by Gasteiger charge is -2.17. The van der Waals surface area contributed by atoms with Gasteiger partial charge in [0.2, 0.25) is 5.96 Å². The largest absolute Gasteiger partial charge is 0.370 e. The molecule has 1 atom stereocenters. The van der Waals surface area contributed by atoms with Crippen molar-refractivity contribution in [3.05, 3.63) is 0 Å². The van der Waals surface area contributed by atoms with E-state index in [1.54, 1.807) is 0 Å². The number of rotatable bonds is 2. The molecule has 0 aromatic rings. The van der Waals surface area contributed by atoms with Gasteiger partial charge >= 0.3 is 0 Å². The van der Waals surface area contributed by atoms with E-state index in [9.17, 15) is 0 Å². The first-order valence-corrected chi connectivity index (χ1v) is 3.88. The van der Waals surface area contributed by atoms with Crippen LogP contribution in [-0.2, 0) is 0 Å². The molecule has 0 fully saturated rings. The Hall–Kier alpha value is -0.970. The minimum Gasteiger partial charge on any atom is -0.370 e. The van der Waals surface area contributed by atoms with Crippen molar-refractivity contribution in [1.82, 2.24) is 5.32 Å². The Labute approximate surface area is 84.9 Å². The van der Waals surface area contributed by atoms with Crippen LogP contribution in [0.2, 0.25) is 0 Å². The molecule has 0 spiro atoms. The van der Waals surface area contributed by atoms with E-state index in [-0.39, 0.29) is 30.4 Å². The van der Waals surface area contributed by atoms with Gasteiger partial charge in [0.25, 0.3) is 0 Å². The zero-order chi connectivity index (χ0) is 9.72. The second-order valence-electron chi connectivity index (χ2n) is 3.06. The summed E-state index contributed by atoms with van der Waals surface area (Å²) in [4.78, 5) is 3.54. The van der Waals surface area contributed by atoms with Crippen LogP contribution in [0.3, 0.4) is 0 Å². The summed E-state index contributed by atoms with van der Waals surface area (Å²) in [7, 11) is 0. The minimum atomic E-state index is -0.282. The van der Waals surface area contributed by atoms with Gasteiger partial charge in [0.1, 0.15) is 0 Å². The number of halogens is 1. The van der Waals surface area contributed by atoms with Gasteiger partial charge in [-0.15, -0.1) is 12.4 Å². The summed E-state index contributed by atoms with van der Waals surface area (Å²) < 4.78 is 0. The molecule has 0 bridgehead atoms. The molecule has 0 rings (SSSR count). The molecule has 6 N–H and O–H groups in total. The molecule has 0 radical (unpaired) electrons. The Morgan fingerprint density at radius 1 is 1.31 bits per heavy atom. The van der Waals surface area contributed by atoms with Crippen LogP contribution < -0.4 is 16.8 Å². The number of hydrogen-bond acceptors (Lipinski definition) is 1. The van der Waals surface area contributed by atoms with Crippen LogP contribution in [0.25, 0.3) is 0 Å². The maximum absolute atomic E-state index is 6.85. The molecule has 0 saturated heterocycles. The number of nitrogens with one attached hydrogen (secondary N) is 2. The van der Waals surface area contributed by atoms with E-state index in [1.807, 2.05) is 6.92 Å². The molecule has 0 saturated carbocycles. The van der Waals surface area contributed by atoms with E-state index in [1.165, 1.54) is 0 Å². The van der Waals surface area contributed by atoms with E-state index in [2.05, 4.69) is 24.2 Å². The van der Waals surface area contributed by atoms with Crippen LogP contribution in [0.15, 0.2) is 4.99 Å². The highest BCUT2D eigenvalue weighted by atomic mass is 35.5. The van der Waals surface area contributed by atoms with Gasteiger partial charge in [0.05, 0.1) is 0 Å². The summed E-state index contributed by atoms with van der Waals surface area (Å²) in [5.74, 6) is 0.380. The summed E-state index contributed by atoms with van der Waals surface area (Å²) >= 11 is 0. The van der Waals surface area contributed by atoms with Crippen LogP contribution in [-0.4, -0.2) is 18.0 Å². The van der Waals surface area contributed by atoms with Crippen molar-refractivity contribution in [2.45, 2.75) is 26.8 Å². The predicted molar refractivity (Wildman–Crippen MR) is 58.2 cm³/mol. The van der Waals surface area contributed by atoms with Crippen molar-refractivity contribution >= 4 is 24.3 Å². The highest BCUT2D eigenvalue weighted by Crippen LogP contribution is 1.98. The van der Waals surface area contributed by atoms with E-state index in [0.29, 0.717) is 5.92 Å². The normalized spacial score (nSPS) is 13.4. The van der Waals surface area contributed by atoms with Crippen molar-refractivity contribution in [3.63, 3.8) is 0 Å². The third-order valence-corrected chi connectivity index (χ3v) is 1.62. The van der Waals surface area contributed by atoms with Gasteiger partial charge in [-0.1, -0.05) is 13.8 Å². The fraction of sp³-hybridized carbons (Fsp3) is 0.714. The Balaban J connectivity index is 0. The van der Waals surface area contributed by atoms with Crippen LogP contribution >= 0.6 is 12.4 Å². The summed E-state index contributed by atoms with van der Waals surface area (Å²) in [5.41, 5.74) is 10.5. The maximum atomic E-state index is 6.85. The summed E-state index contributed by atoms with van der Waals surface area (Å²) in [6.07, 6.45) is 0. The summed E-state index contributed by atoms with van der Waals surface area (Å²) in [6.45, 7) is 6.13. The van der Waals surface area contributed by atoms with E-state index < -0.39 is 0 Å². The Morgan fingerprint density at radius 2 is 1.77 bits per heavy atom. The number of nitrogens with two attached hydrogens (primary N) is 2. The Kier molecular flexibility index (Phi) is 7.31. The average molecular weight is 208 g/mol. The lowest BCUT2D eigenvalue weighted by atomic mass is 10.1. The number of nitrogens with zero attached hydrogens (tertiary/aromatic N) is 1. The maximum Gasteiger partial charge on any atom is 0.215 e. The van der Waals surface area contributed by atoms with E-state index in [4.69, 9.17) is 16.9 Å². The van der Waals surface area contributed by atoms with Crippen molar-refractivity contribution < 1.29 is 0 Å². The van der Waals surface area contributed by atoms with Gasteiger partial charge in [-0.3, -0.25) is 5.41 Å². The number of hydrogen-bond donors (Lipinski definition) is 4. The van der Waals surface area contributed by atoms with E-state index in [0.717, 1.165) is 0 Å². The molecule has 5 nitrogen and oxygen atoms in total. The van der Waals surface area contributed by atoms with Gasteiger partial charge in [0.15, 0.2) is 5.96 Å². The monoisotopic (exact) mass is 207 g/mol.